The Kier molecular flexibility index (Phi) is 1.82. The third-order valence-corrected chi connectivity index (χ3v) is 2.07. The summed E-state index contributed by atoms with van der Waals surface area (Å²) >= 11 is 0. The van der Waals surface area contributed by atoms with Gasteiger partial charge in [-0.25, -0.2) is 0 Å². The summed E-state index contributed by atoms with van der Waals surface area (Å²) in [6.07, 6.45) is 0. The van der Waals surface area contributed by atoms with Crippen LogP contribution in [0.5, 0.6) is 0 Å². The van der Waals surface area contributed by atoms with Crippen LogP contribution >= 0.6 is 0 Å². The van der Waals surface area contributed by atoms with Gasteiger partial charge in [0.1, 0.15) is 0 Å². The molecule has 1 aliphatic rings. The molecule has 1 rings (SSSR count). The van der Waals surface area contributed by atoms with Gasteiger partial charge in [0.15, 0.2) is 0 Å². The van der Waals surface area contributed by atoms with E-state index in [4.69, 9.17) is 9.47 Å². The van der Waals surface area contributed by atoms with Crippen LogP contribution in [0.2, 0.25) is 0 Å². The molecule has 0 radical (unpaired) electrons. The molecule has 0 atom stereocenters. The molecule has 3 heteroatoms. The molecule has 0 unspecified atom stereocenters. The number of allylic oxidation sites excluding steroid dienone is 1. The van der Waals surface area contributed by atoms with Gasteiger partial charge >= 0.3 is 67.4 Å². The summed E-state index contributed by atoms with van der Waals surface area (Å²) in [7, 11) is 3.62. The van der Waals surface area contributed by atoms with Crippen molar-refractivity contribution in [3.8, 4) is 0 Å². The van der Waals surface area contributed by atoms with Crippen LogP contribution in [0.4, 0.5) is 0 Å². The first-order chi connectivity index (χ1) is 4.93. The van der Waals surface area contributed by atoms with Gasteiger partial charge in [-0.2, -0.15) is 0 Å². The topological polar surface area (TPSA) is 18.5 Å². The molecule has 0 N–H and O–H groups in total. The van der Waals surface area contributed by atoms with E-state index in [1.807, 2.05) is 27.7 Å². The first-order valence-corrected chi connectivity index (χ1v) is 3.67. The van der Waals surface area contributed by atoms with Crippen LogP contribution in [-0.2, 0) is 9.47 Å². The molecule has 0 saturated heterocycles. The van der Waals surface area contributed by atoms with E-state index in [0.29, 0.717) is 5.84 Å². The molecule has 11 heavy (non-hydrogen) atoms. The standard InChI is InChI=1S/C8H13BO2/c1-5-6(2)10-7(9)11-8(5,3)4/h9H,1-4H3. The van der Waals surface area contributed by atoms with Crippen LogP contribution < -0.4 is 0 Å². The van der Waals surface area contributed by atoms with Gasteiger partial charge in [-0.1, -0.05) is 0 Å². The molecular weight excluding hydrogens is 139 g/mol. The molecule has 2 nitrogen and oxygen atoms in total. The Morgan fingerprint density at radius 2 is 1.82 bits per heavy atom. The summed E-state index contributed by atoms with van der Waals surface area (Å²) in [6, 6.07) is 0. The second-order valence-electron chi connectivity index (χ2n) is 3.27. The van der Waals surface area contributed by atoms with Crippen molar-refractivity contribution in [1.29, 1.82) is 0 Å². The SMILES string of the molecule is B=C1OC(C)=C(C)C(C)(C)O1. The summed E-state index contributed by atoms with van der Waals surface area (Å²) < 4.78 is 10.6. The van der Waals surface area contributed by atoms with Crippen molar-refractivity contribution in [2.75, 3.05) is 0 Å². The first-order valence-electron chi connectivity index (χ1n) is 3.67. The number of hydrogen-bond donors (Lipinski definition) is 0. The van der Waals surface area contributed by atoms with Gasteiger partial charge in [0.25, 0.3) is 0 Å². The molecule has 0 amide bonds. The van der Waals surface area contributed by atoms with Gasteiger partial charge in [-0.3, -0.25) is 0 Å². The van der Waals surface area contributed by atoms with Gasteiger partial charge in [0, 0.05) is 0 Å². The summed E-state index contributed by atoms with van der Waals surface area (Å²) in [5.74, 6) is 1.28. The molecule has 0 aromatic rings. The predicted octanol–water partition coefficient (Wildman–Crippen LogP) is 1.09. The van der Waals surface area contributed by atoms with Crippen LogP contribution in [-0.4, -0.2) is 18.9 Å². The van der Waals surface area contributed by atoms with Crippen molar-refractivity contribution in [3.05, 3.63) is 11.3 Å². The Bertz CT molecular complexity index is 228. The Morgan fingerprint density at radius 3 is 2.27 bits per heavy atom. The zero-order valence-electron chi connectivity index (χ0n) is 7.52. The summed E-state index contributed by atoms with van der Waals surface area (Å²) in [5, 5.41) is 0. The molecule has 0 spiro atoms. The van der Waals surface area contributed by atoms with Gasteiger partial charge in [-0.15, -0.1) is 0 Å². The normalized spacial score (nSPS) is 22.6. The van der Waals surface area contributed by atoms with Crippen molar-refractivity contribution in [1.82, 2.24) is 0 Å². The average molecular weight is 152 g/mol. The monoisotopic (exact) mass is 152 g/mol. The molecule has 0 saturated carbocycles. The maximum absolute atomic E-state index is 5.38. The van der Waals surface area contributed by atoms with E-state index in [9.17, 15) is 0 Å². The Labute approximate surface area is 68.3 Å². The summed E-state index contributed by atoms with van der Waals surface area (Å²) in [5.41, 5.74) is 0.851. The molecule has 0 bridgehead atoms. The van der Waals surface area contributed by atoms with Crippen LogP contribution in [0.15, 0.2) is 11.3 Å². The second-order valence-corrected chi connectivity index (χ2v) is 3.27. The van der Waals surface area contributed by atoms with Crippen molar-refractivity contribution in [2.24, 2.45) is 0 Å². The summed E-state index contributed by atoms with van der Waals surface area (Å²) in [6.45, 7) is 7.92. The quantitative estimate of drug-likeness (QED) is 0.483. The van der Waals surface area contributed by atoms with E-state index in [0.717, 1.165) is 11.3 Å². The zero-order chi connectivity index (χ0) is 8.65. The van der Waals surface area contributed by atoms with Crippen molar-refractivity contribution in [2.45, 2.75) is 33.3 Å². The number of rotatable bonds is 0. The van der Waals surface area contributed by atoms with Crippen molar-refractivity contribution in [3.63, 3.8) is 0 Å². The number of hydrogen-bond acceptors (Lipinski definition) is 2. The second kappa shape index (κ2) is 2.40. The van der Waals surface area contributed by atoms with Crippen LogP contribution in [0, 0.1) is 0 Å². The minimum absolute atomic E-state index is 0.264. The van der Waals surface area contributed by atoms with E-state index in [-0.39, 0.29) is 5.60 Å². The average Bonchev–Trinajstić information content (AvgIpc) is 1.81. The third-order valence-electron chi connectivity index (χ3n) is 2.07. The Hall–Kier alpha value is -0.725. The maximum atomic E-state index is 5.38. The molecular formula is C8H13BO2. The number of ether oxygens (including phenoxy) is 2. The molecule has 1 aliphatic heterocycles. The van der Waals surface area contributed by atoms with Crippen molar-refractivity contribution < 1.29 is 9.47 Å². The fourth-order valence-corrected chi connectivity index (χ4v) is 1.05. The van der Waals surface area contributed by atoms with E-state index >= 15 is 0 Å². The van der Waals surface area contributed by atoms with Gasteiger partial charge in [0.05, 0.1) is 0 Å². The van der Waals surface area contributed by atoms with E-state index < -0.39 is 0 Å². The molecule has 0 aliphatic carbocycles. The van der Waals surface area contributed by atoms with Crippen LogP contribution in [0.25, 0.3) is 0 Å². The fraction of sp³-hybridized carbons (Fsp3) is 0.625. The summed E-state index contributed by atoms with van der Waals surface area (Å²) in [4.78, 5) is 0. The third kappa shape index (κ3) is 1.47. The van der Waals surface area contributed by atoms with E-state index in [2.05, 4.69) is 7.49 Å². The van der Waals surface area contributed by atoms with Gasteiger partial charge in [-0.05, 0) is 0 Å². The van der Waals surface area contributed by atoms with E-state index in [1.165, 1.54) is 0 Å². The molecule has 0 fully saturated rings. The van der Waals surface area contributed by atoms with Crippen LogP contribution in [0.3, 0.4) is 0 Å². The van der Waals surface area contributed by atoms with E-state index in [1.54, 1.807) is 0 Å². The van der Waals surface area contributed by atoms with Crippen LogP contribution in [0.1, 0.15) is 27.7 Å². The molecule has 1 heterocycles. The zero-order valence-corrected chi connectivity index (χ0v) is 7.52. The molecule has 0 aromatic carbocycles. The van der Waals surface area contributed by atoms with Gasteiger partial charge < -0.3 is 0 Å². The molecule has 60 valence electrons. The van der Waals surface area contributed by atoms with Gasteiger partial charge in [0.2, 0.25) is 0 Å². The first kappa shape index (κ1) is 8.37. The fourth-order valence-electron chi connectivity index (χ4n) is 1.05. The predicted molar refractivity (Wildman–Crippen MR) is 46.8 cm³/mol. The molecule has 0 aromatic heterocycles. The Balaban J connectivity index is 3.02. The Morgan fingerprint density at radius 1 is 1.27 bits per heavy atom. The van der Waals surface area contributed by atoms with Crippen molar-refractivity contribution >= 4 is 13.3 Å². The minimum atomic E-state index is -0.264.